The standard InChI is InChI=1S/C15H15N3O4.Na/c1-10-4-2-5-18-12(8-11(9-16)15(20)21)14(17-13(10)18)22-7-3-6-19;/h2,4-5,8,19H,3,6-7H2,1H3,(H,20,21);/q;+1/p-1. The second-order valence-electron chi connectivity index (χ2n) is 4.57. The number of pyridine rings is 1. The number of carboxylic acid groups (broad SMARTS) is 1. The maximum absolute atomic E-state index is 10.9. The number of hydrogen-bond acceptors (Lipinski definition) is 6. The van der Waals surface area contributed by atoms with E-state index in [1.54, 1.807) is 22.7 Å². The number of aryl methyl sites for hydroxylation is 1. The van der Waals surface area contributed by atoms with Crippen LogP contribution in [0.3, 0.4) is 0 Å². The molecule has 0 aliphatic heterocycles. The SMILES string of the molecule is Cc1cccn2c(C=C(C#N)C(=O)[O-])c(OCCCO)nc12.[Na+]. The minimum Gasteiger partial charge on any atom is -0.544 e. The molecule has 0 amide bonds. The summed E-state index contributed by atoms with van der Waals surface area (Å²) in [6.07, 6.45) is 3.29. The van der Waals surface area contributed by atoms with Gasteiger partial charge < -0.3 is 19.7 Å². The number of aromatic nitrogens is 2. The third kappa shape index (κ3) is 4.33. The number of fused-ring (bicyclic) bond motifs is 1. The van der Waals surface area contributed by atoms with Gasteiger partial charge in [-0.05, 0) is 24.6 Å². The third-order valence-electron chi connectivity index (χ3n) is 3.01. The summed E-state index contributed by atoms with van der Waals surface area (Å²) in [5, 5.41) is 28.6. The minimum absolute atomic E-state index is 0. The number of carbonyl (C=O) groups is 1. The Hall–Kier alpha value is -1.85. The van der Waals surface area contributed by atoms with E-state index in [1.165, 1.54) is 6.08 Å². The van der Waals surface area contributed by atoms with Crippen molar-refractivity contribution in [1.29, 1.82) is 5.26 Å². The van der Waals surface area contributed by atoms with Crippen molar-refractivity contribution in [3.8, 4) is 11.9 Å². The molecule has 2 aromatic rings. The largest absolute Gasteiger partial charge is 1.00 e. The molecule has 1 N–H and O–H groups in total. The Morgan fingerprint density at radius 1 is 1.61 bits per heavy atom. The number of carbonyl (C=O) groups excluding carboxylic acids is 1. The molecule has 23 heavy (non-hydrogen) atoms. The number of hydrogen-bond donors (Lipinski definition) is 1. The number of carboxylic acids is 1. The molecule has 0 aliphatic carbocycles. The molecule has 2 rings (SSSR count). The molecule has 0 saturated carbocycles. The summed E-state index contributed by atoms with van der Waals surface area (Å²) in [4.78, 5) is 15.2. The van der Waals surface area contributed by atoms with Gasteiger partial charge in [-0.2, -0.15) is 10.2 Å². The number of nitriles is 1. The van der Waals surface area contributed by atoms with Gasteiger partial charge in [-0.15, -0.1) is 0 Å². The number of ether oxygens (including phenoxy) is 1. The smallest absolute Gasteiger partial charge is 0.544 e. The first-order valence-corrected chi connectivity index (χ1v) is 6.63. The summed E-state index contributed by atoms with van der Waals surface area (Å²) in [7, 11) is 0. The molecule has 2 aromatic heterocycles. The third-order valence-corrected chi connectivity index (χ3v) is 3.01. The fourth-order valence-corrected chi connectivity index (χ4v) is 1.95. The van der Waals surface area contributed by atoms with Crippen molar-refractivity contribution in [2.75, 3.05) is 13.2 Å². The van der Waals surface area contributed by atoms with E-state index in [0.717, 1.165) is 5.56 Å². The van der Waals surface area contributed by atoms with Crippen LogP contribution in [0.2, 0.25) is 0 Å². The number of aliphatic hydroxyl groups excluding tert-OH is 1. The van der Waals surface area contributed by atoms with E-state index < -0.39 is 11.5 Å². The fraction of sp³-hybridized carbons (Fsp3) is 0.267. The molecule has 0 aromatic carbocycles. The van der Waals surface area contributed by atoms with Crippen LogP contribution < -0.4 is 39.4 Å². The molecule has 0 spiro atoms. The average Bonchev–Trinajstić information content (AvgIpc) is 2.84. The molecule has 0 atom stereocenters. The van der Waals surface area contributed by atoms with Gasteiger partial charge in [0.25, 0.3) is 0 Å². The van der Waals surface area contributed by atoms with Crippen LogP contribution >= 0.6 is 0 Å². The van der Waals surface area contributed by atoms with Crippen molar-refractivity contribution < 1.29 is 49.3 Å². The van der Waals surface area contributed by atoms with Crippen LogP contribution in [0.25, 0.3) is 11.7 Å². The Morgan fingerprint density at radius 3 is 2.96 bits per heavy atom. The number of imidazole rings is 1. The van der Waals surface area contributed by atoms with Gasteiger partial charge in [-0.1, -0.05) is 6.07 Å². The quantitative estimate of drug-likeness (QED) is 0.264. The molecular formula is C15H14N3NaO4. The fourth-order valence-electron chi connectivity index (χ4n) is 1.95. The van der Waals surface area contributed by atoms with E-state index >= 15 is 0 Å². The van der Waals surface area contributed by atoms with Crippen LogP contribution in [0.15, 0.2) is 23.9 Å². The molecule has 0 fully saturated rings. The van der Waals surface area contributed by atoms with E-state index in [9.17, 15) is 9.90 Å². The van der Waals surface area contributed by atoms with Crippen LogP contribution in [0, 0.1) is 18.3 Å². The molecule has 0 saturated heterocycles. The molecule has 0 bridgehead atoms. The predicted molar refractivity (Wildman–Crippen MR) is 75.7 cm³/mol. The maximum atomic E-state index is 10.9. The molecular weight excluding hydrogens is 309 g/mol. The van der Waals surface area contributed by atoms with E-state index in [1.807, 2.05) is 13.0 Å². The zero-order valence-corrected chi connectivity index (χ0v) is 14.9. The summed E-state index contributed by atoms with van der Waals surface area (Å²) in [5.74, 6) is -1.36. The summed E-state index contributed by atoms with van der Waals surface area (Å²) in [6.45, 7) is 2.06. The second kappa shape index (κ2) is 8.70. The second-order valence-corrected chi connectivity index (χ2v) is 4.57. The van der Waals surface area contributed by atoms with E-state index in [0.29, 0.717) is 17.8 Å². The Morgan fingerprint density at radius 2 is 2.35 bits per heavy atom. The number of aliphatic hydroxyl groups is 1. The van der Waals surface area contributed by atoms with Crippen LogP contribution in [0.4, 0.5) is 0 Å². The Balaban J connectivity index is 0.00000264. The summed E-state index contributed by atoms with van der Waals surface area (Å²) in [5.41, 5.74) is 1.30. The number of rotatable bonds is 6. The van der Waals surface area contributed by atoms with Crippen molar-refractivity contribution in [2.45, 2.75) is 13.3 Å². The van der Waals surface area contributed by atoms with Gasteiger partial charge in [-0.25, -0.2) is 0 Å². The van der Waals surface area contributed by atoms with E-state index in [2.05, 4.69) is 4.98 Å². The van der Waals surface area contributed by atoms with Gasteiger partial charge in [0.1, 0.15) is 17.4 Å². The molecule has 8 heteroatoms. The summed E-state index contributed by atoms with van der Waals surface area (Å²) in [6, 6.07) is 5.22. The normalized spacial score (nSPS) is 10.9. The van der Waals surface area contributed by atoms with Gasteiger partial charge in [0.2, 0.25) is 5.88 Å². The van der Waals surface area contributed by atoms with Crippen LogP contribution in [0.5, 0.6) is 5.88 Å². The molecule has 0 unspecified atom stereocenters. The summed E-state index contributed by atoms with van der Waals surface area (Å²) < 4.78 is 7.13. The van der Waals surface area contributed by atoms with E-state index in [4.69, 9.17) is 15.1 Å². The Kier molecular flexibility index (Phi) is 7.26. The van der Waals surface area contributed by atoms with Crippen molar-refractivity contribution in [3.05, 3.63) is 35.2 Å². The van der Waals surface area contributed by atoms with Crippen molar-refractivity contribution in [1.82, 2.24) is 9.38 Å². The van der Waals surface area contributed by atoms with Crippen molar-refractivity contribution in [3.63, 3.8) is 0 Å². The summed E-state index contributed by atoms with van der Waals surface area (Å²) >= 11 is 0. The molecule has 2 heterocycles. The van der Waals surface area contributed by atoms with Crippen molar-refractivity contribution >= 4 is 17.7 Å². The van der Waals surface area contributed by atoms with Gasteiger partial charge in [0.15, 0.2) is 0 Å². The first-order chi connectivity index (χ1) is 10.6. The van der Waals surface area contributed by atoms with Crippen molar-refractivity contribution in [2.24, 2.45) is 0 Å². The maximum Gasteiger partial charge on any atom is 1.00 e. The topological polar surface area (TPSA) is 111 Å². The molecule has 0 radical (unpaired) electrons. The first-order valence-electron chi connectivity index (χ1n) is 6.63. The zero-order valence-electron chi connectivity index (χ0n) is 12.9. The van der Waals surface area contributed by atoms with Crippen LogP contribution in [-0.4, -0.2) is 33.7 Å². The molecule has 114 valence electrons. The Labute approximate surface area is 155 Å². The van der Waals surface area contributed by atoms with Gasteiger partial charge in [0.05, 0.1) is 18.1 Å². The zero-order chi connectivity index (χ0) is 16.1. The average molecular weight is 323 g/mol. The molecule has 7 nitrogen and oxygen atoms in total. The van der Waals surface area contributed by atoms with Gasteiger partial charge >= 0.3 is 29.6 Å². The van der Waals surface area contributed by atoms with Crippen LogP contribution in [0.1, 0.15) is 17.7 Å². The number of aliphatic carboxylic acids is 1. The van der Waals surface area contributed by atoms with Gasteiger partial charge in [0, 0.05) is 19.2 Å². The minimum atomic E-state index is -1.56. The van der Waals surface area contributed by atoms with E-state index in [-0.39, 0.29) is 48.7 Å². The predicted octanol–water partition coefficient (Wildman–Crippen LogP) is -2.94. The number of nitrogens with zero attached hydrogens (tertiary/aromatic N) is 3. The first kappa shape index (κ1) is 19.2. The monoisotopic (exact) mass is 323 g/mol. The van der Waals surface area contributed by atoms with Gasteiger partial charge in [-0.3, -0.25) is 4.40 Å². The molecule has 0 aliphatic rings. The van der Waals surface area contributed by atoms with Crippen LogP contribution in [-0.2, 0) is 4.79 Å². The Bertz CT molecular complexity index is 777.